The predicted octanol–water partition coefficient (Wildman–Crippen LogP) is 2.75. The summed E-state index contributed by atoms with van der Waals surface area (Å²) in [4.78, 5) is 20.2. The second-order valence-electron chi connectivity index (χ2n) is 5.04. The van der Waals surface area contributed by atoms with Crippen LogP contribution in [0.3, 0.4) is 0 Å². The van der Waals surface area contributed by atoms with E-state index < -0.39 is 0 Å². The molecule has 0 spiro atoms. The second-order valence-corrected chi connectivity index (χ2v) is 6.10. The normalized spacial score (nSPS) is 19.9. The van der Waals surface area contributed by atoms with E-state index >= 15 is 0 Å². The molecule has 3 aromatic heterocycles. The van der Waals surface area contributed by atoms with Gasteiger partial charge in [0.25, 0.3) is 0 Å². The zero-order chi connectivity index (χ0) is 13.4. The highest BCUT2D eigenvalue weighted by Gasteiger charge is 2.28. The van der Waals surface area contributed by atoms with Crippen molar-refractivity contribution in [3.05, 3.63) is 41.6 Å². The van der Waals surface area contributed by atoms with Crippen molar-refractivity contribution < 1.29 is 0 Å². The van der Waals surface area contributed by atoms with Crippen molar-refractivity contribution in [1.29, 1.82) is 0 Å². The Balaban J connectivity index is 1.58. The third kappa shape index (κ3) is 2.10. The summed E-state index contributed by atoms with van der Waals surface area (Å²) in [7, 11) is 0. The number of aromatic amines is 1. The molecule has 0 aliphatic carbocycles. The molecule has 0 radical (unpaired) electrons. The summed E-state index contributed by atoms with van der Waals surface area (Å²) in [6, 6.07) is 4.36. The number of nitrogens with one attached hydrogen (secondary N) is 1. The van der Waals surface area contributed by atoms with Gasteiger partial charge in [0.1, 0.15) is 21.2 Å². The van der Waals surface area contributed by atoms with Gasteiger partial charge in [0.2, 0.25) is 0 Å². The lowest BCUT2D eigenvalue weighted by atomic mass is 10.2. The summed E-state index contributed by atoms with van der Waals surface area (Å²) in [5.74, 6) is 1.07. The molecule has 6 heteroatoms. The van der Waals surface area contributed by atoms with E-state index in [0.717, 1.165) is 40.7 Å². The Morgan fingerprint density at radius 3 is 3.20 bits per heavy atom. The quantitative estimate of drug-likeness (QED) is 0.804. The van der Waals surface area contributed by atoms with Crippen LogP contribution >= 0.6 is 11.3 Å². The number of nitrogens with zero attached hydrogens (tertiary/aromatic N) is 4. The maximum atomic E-state index is 4.68. The number of hydrogen-bond acceptors (Lipinski definition) is 5. The first-order valence-electron chi connectivity index (χ1n) is 6.84. The van der Waals surface area contributed by atoms with Gasteiger partial charge < -0.3 is 4.98 Å². The van der Waals surface area contributed by atoms with Crippen LogP contribution in [0.1, 0.15) is 29.7 Å². The molecule has 0 bridgehead atoms. The molecule has 4 heterocycles. The SMILES string of the molecule is c1cnc2sc(CN3CCCC3c3ncc[nH]3)nc2c1. The average Bonchev–Trinajstić information content (AvgIpc) is 3.18. The molecule has 0 amide bonds. The largest absolute Gasteiger partial charge is 0.347 e. The Morgan fingerprint density at radius 1 is 1.35 bits per heavy atom. The van der Waals surface area contributed by atoms with E-state index in [2.05, 4.69) is 24.8 Å². The van der Waals surface area contributed by atoms with Crippen LogP contribution in [-0.2, 0) is 6.54 Å². The van der Waals surface area contributed by atoms with Crippen molar-refractivity contribution in [1.82, 2.24) is 24.8 Å². The molecule has 1 N–H and O–H groups in total. The van der Waals surface area contributed by atoms with Crippen LogP contribution in [0.2, 0.25) is 0 Å². The molecule has 1 aliphatic rings. The fourth-order valence-corrected chi connectivity index (χ4v) is 3.77. The van der Waals surface area contributed by atoms with Crippen LogP contribution in [0.4, 0.5) is 0 Å². The lowest BCUT2D eigenvalue weighted by molar-refractivity contribution is 0.240. The molecule has 1 fully saturated rings. The lowest BCUT2D eigenvalue weighted by Gasteiger charge is -2.21. The van der Waals surface area contributed by atoms with E-state index in [-0.39, 0.29) is 0 Å². The number of imidazole rings is 1. The van der Waals surface area contributed by atoms with Crippen LogP contribution in [0.25, 0.3) is 10.3 Å². The van der Waals surface area contributed by atoms with E-state index in [1.165, 1.54) is 6.42 Å². The molecule has 0 saturated carbocycles. The van der Waals surface area contributed by atoms with E-state index in [1.54, 1.807) is 11.3 Å². The molecular formula is C14H15N5S. The van der Waals surface area contributed by atoms with Gasteiger partial charge in [-0.25, -0.2) is 15.0 Å². The van der Waals surface area contributed by atoms with Gasteiger partial charge in [0, 0.05) is 18.6 Å². The number of H-pyrrole nitrogens is 1. The fourth-order valence-electron chi connectivity index (χ4n) is 2.84. The van der Waals surface area contributed by atoms with E-state index in [0.29, 0.717) is 6.04 Å². The molecule has 4 rings (SSSR count). The van der Waals surface area contributed by atoms with Crippen molar-refractivity contribution in [2.45, 2.75) is 25.4 Å². The molecule has 0 aromatic carbocycles. The second kappa shape index (κ2) is 4.96. The first-order chi connectivity index (χ1) is 9.90. The van der Waals surface area contributed by atoms with Gasteiger partial charge in [0.15, 0.2) is 0 Å². The lowest BCUT2D eigenvalue weighted by Crippen LogP contribution is -2.23. The highest BCUT2D eigenvalue weighted by atomic mass is 32.1. The molecule has 102 valence electrons. The highest BCUT2D eigenvalue weighted by molar-refractivity contribution is 7.18. The van der Waals surface area contributed by atoms with Crippen molar-refractivity contribution in [2.24, 2.45) is 0 Å². The van der Waals surface area contributed by atoms with Gasteiger partial charge in [0.05, 0.1) is 12.6 Å². The van der Waals surface area contributed by atoms with Crippen molar-refractivity contribution in [3.8, 4) is 0 Å². The number of pyridine rings is 1. The molecular weight excluding hydrogens is 270 g/mol. The van der Waals surface area contributed by atoms with Gasteiger partial charge in [-0.15, -0.1) is 0 Å². The van der Waals surface area contributed by atoms with E-state index in [9.17, 15) is 0 Å². The predicted molar refractivity (Wildman–Crippen MR) is 78.4 cm³/mol. The van der Waals surface area contributed by atoms with Gasteiger partial charge in [-0.05, 0) is 31.5 Å². The first kappa shape index (κ1) is 12.0. The summed E-state index contributed by atoms with van der Waals surface area (Å²) >= 11 is 1.69. The van der Waals surface area contributed by atoms with Crippen LogP contribution in [0.15, 0.2) is 30.7 Å². The van der Waals surface area contributed by atoms with Crippen LogP contribution in [0, 0.1) is 0 Å². The van der Waals surface area contributed by atoms with Crippen LogP contribution in [-0.4, -0.2) is 31.4 Å². The zero-order valence-corrected chi connectivity index (χ0v) is 11.8. The Hall–Kier alpha value is -1.79. The minimum absolute atomic E-state index is 0.393. The summed E-state index contributed by atoms with van der Waals surface area (Å²) in [6.45, 7) is 1.99. The van der Waals surface area contributed by atoms with Crippen molar-refractivity contribution in [3.63, 3.8) is 0 Å². The Bertz CT molecular complexity index is 672. The third-order valence-electron chi connectivity index (χ3n) is 3.75. The first-order valence-corrected chi connectivity index (χ1v) is 7.65. The molecule has 1 saturated heterocycles. The summed E-state index contributed by atoms with van der Waals surface area (Å²) in [5.41, 5.74) is 1.00. The smallest absolute Gasteiger partial charge is 0.143 e. The van der Waals surface area contributed by atoms with Gasteiger partial charge in [-0.1, -0.05) is 11.3 Å². The highest BCUT2D eigenvalue weighted by Crippen LogP contribution is 2.32. The van der Waals surface area contributed by atoms with Gasteiger partial charge >= 0.3 is 0 Å². The molecule has 20 heavy (non-hydrogen) atoms. The standard InChI is InChI=1S/C14H15N5S/c1-3-10-14(17-5-1)20-12(18-10)9-19-8-2-4-11(19)13-15-6-7-16-13/h1,3,5-7,11H,2,4,8-9H2,(H,15,16). The number of thiazole rings is 1. The van der Waals surface area contributed by atoms with Crippen LogP contribution in [0.5, 0.6) is 0 Å². The van der Waals surface area contributed by atoms with Crippen molar-refractivity contribution in [2.75, 3.05) is 6.54 Å². The number of aromatic nitrogens is 4. The summed E-state index contributed by atoms with van der Waals surface area (Å²) < 4.78 is 0. The Kier molecular flexibility index (Phi) is 2.97. The number of likely N-dealkylation sites (tertiary alicyclic amines) is 1. The molecule has 1 atom stereocenters. The zero-order valence-electron chi connectivity index (χ0n) is 11.0. The third-order valence-corrected chi connectivity index (χ3v) is 4.71. The monoisotopic (exact) mass is 285 g/mol. The number of rotatable bonds is 3. The summed E-state index contributed by atoms with van der Waals surface area (Å²) in [5, 5.41) is 1.14. The Morgan fingerprint density at radius 2 is 2.35 bits per heavy atom. The van der Waals surface area contributed by atoms with Crippen LogP contribution < -0.4 is 0 Å². The summed E-state index contributed by atoms with van der Waals surface area (Å²) in [6.07, 6.45) is 7.93. The minimum atomic E-state index is 0.393. The molecule has 5 nitrogen and oxygen atoms in total. The average molecular weight is 285 g/mol. The maximum absolute atomic E-state index is 4.68. The van der Waals surface area contributed by atoms with Crippen molar-refractivity contribution >= 4 is 21.7 Å². The maximum Gasteiger partial charge on any atom is 0.143 e. The molecule has 1 aliphatic heterocycles. The Labute approximate surface area is 120 Å². The molecule has 1 unspecified atom stereocenters. The minimum Gasteiger partial charge on any atom is -0.347 e. The van der Waals surface area contributed by atoms with Gasteiger partial charge in [-0.3, -0.25) is 4.90 Å². The van der Waals surface area contributed by atoms with E-state index in [4.69, 9.17) is 0 Å². The molecule has 3 aromatic rings. The van der Waals surface area contributed by atoms with E-state index in [1.807, 2.05) is 30.7 Å². The van der Waals surface area contributed by atoms with Gasteiger partial charge in [-0.2, -0.15) is 0 Å². The topological polar surface area (TPSA) is 57.7 Å². The number of hydrogen-bond donors (Lipinski definition) is 1. The fraction of sp³-hybridized carbons (Fsp3) is 0.357. The number of fused-ring (bicyclic) bond motifs is 1.